The third-order valence-corrected chi connectivity index (χ3v) is 7.52. The molecule has 0 spiro atoms. The Balaban J connectivity index is 1.78. The molecule has 0 saturated heterocycles. The van der Waals surface area contributed by atoms with Crippen molar-refractivity contribution >= 4 is 23.9 Å². The number of hydrogen-bond donors (Lipinski definition) is 4. The number of benzene rings is 3. The van der Waals surface area contributed by atoms with Gasteiger partial charge in [0.25, 0.3) is 0 Å². The third-order valence-electron chi connectivity index (χ3n) is 7.52. The van der Waals surface area contributed by atoms with Crippen LogP contribution >= 0.6 is 0 Å². The van der Waals surface area contributed by atoms with E-state index in [4.69, 9.17) is 24.7 Å². The normalized spacial score (nSPS) is 11.6. The van der Waals surface area contributed by atoms with Crippen LogP contribution in [0.15, 0.2) is 60.7 Å². The van der Waals surface area contributed by atoms with Gasteiger partial charge in [0.05, 0.1) is 37.1 Å². The average molecular weight is 657 g/mol. The molecule has 3 aromatic carbocycles. The van der Waals surface area contributed by atoms with Crippen molar-refractivity contribution in [1.29, 1.82) is 0 Å². The first-order valence-corrected chi connectivity index (χ1v) is 15.5. The number of carboxylic acid groups (broad SMARTS) is 2. The van der Waals surface area contributed by atoms with Gasteiger partial charge in [-0.05, 0) is 71.5 Å². The zero-order valence-corrected chi connectivity index (χ0v) is 27.8. The van der Waals surface area contributed by atoms with Crippen LogP contribution in [-0.4, -0.2) is 49.2 Å². The molecule has 1 aromatic heterocycles. The molecule has 4 aromatic rings. The molecule has 11 heteroatoms. The van der Waals surface area contributed by atoms with Gasteiger partial charge in [-0.15, -0.1) is 0 Å². The lowest BCUT2D eigenvalue weighted by atomic mass is 9.78. The lowest BCUT2D eigenvalue weighted by molar-refractivity contribution is -0.142. The van der Waals surface area contributed by atoms with Crippen LogP contribution in [0.25, 0.3) is 33.9 Å². The van der Waals surface area contributed by atoms with Gasteiger partial charge in [-0.25, -0.2) is 4.98 Å². The minimum atomic E-state index is -1.09. The van der Waals surface area contributed by atoms with Crippen LogP contribution < -0.4 is 9.47 Å². The van der Waals surface area contributed by atoms with Crippen molar-refractivity contribution in [2.75, 3.05) is 0 Å². The summed E-state index contributed by atoms with van der Waals surface area (Å²) in [6, 6.07) is 17.2. The number of hydrogen-bond acceptors (Lipinski definition) is 8. The van der Waals surface area contributed by atoms with Crippen molar-refractivity contribution < 1.29 is 44.0 Å². The number of carbonyl (C=O) groups excluding carboxylic acids is 2. The van der Waals surface area contributed by atoms with E-state index in [9.17, 15) is 24.3 Å². The maximum absolute atomic E-state index is 12.1. The summed E-state index contributed by atoms with van der Waals surface area (Å²) >= 11 is 0. The number of aromatic nitrogens is 2. The quantitative estimate of drug-likeness (QED) is 0.0950. The van der Waals surface area contributed by atoms with E-state index in [0.717, 1.165) is 16.7 Å². The third kappa shape index (κ3) is 8.87. The first-order valence-electron chi connectivity index (χ1n) is 15.5. The van der Waals surface area contributed by atoms with Crippen LogP contribution in [0.3, 0.4) is 0 Å². The minimum Gasteiger partial charge on any atom is -0.507 e. The van der Waals surface area contributed by atoms with Crippen LogP contribution in [0.1, 0.15) is 78.4 Å². The molecule has 0 unspecified atom stereocenters. The van der Waals surface area contributed by atoms with Crippen LogP contribution in [-0.2, 0) is 30.0 Å². The minimum absolute atomic E-state index is 0.243. The fourth-order valence-corrected chi connectivity index (χ4v) is 5.00. The summed E-state index contributed by atoms with van der Waals surface area (Å²) in [5.41, 5.74) is 4.19. The highest BCUT2D eigenvalue weighted by Crippen LogP contribution is 2.43. The summed E-state index contributed by atoms with van der Waals surface area (Å²) in [4.78, 5) is 54.2. The van der Waals surface area contributed by atoms with Crippen molar-refractivity contribution in [3.05, 3.63) is 71.8 Å². The number of aromatic hydroxyl groups is 1. The molecule has 0 atom stereocenters. The molecule has 0 fully saturated rings. The average Bonchev–Trinajstić information content (AvgIpc) is 3.44. The molecule has 252 valence electrons. The molecule has 4 rings (SSSR count). The van der Waals surface area contributed by atoms with Crippen molar-refractivity contribution in [2.24, 2.45) is 0 Å². The Bertz CT molecular complexity index is 1700. The van der Waals surface area contributed by atoms with Gasteiger partial charge in [0, 0.05) is 27.8 Å². The van der Waals surface area contributed by atoms with Crippen molar-refractivity contribution in [1.82, 2.24) is 9.97 Å². The summed E-state index contributed by atoms with van der Waals surface area (Å²) in [6.45, 7) is 12.2. The van der Waals surface area contributed by atoms with Gasteiger partial charge >= 0.3 is 23.9 Å². The molecule has 0 aliphatic carbocycles. The van der Waals surface area contributed by atoms with Crippen molar-refractivity contribution in [2.45, 2.75) is 78.1 Å². The van der Waals surface area contributed by atoms with Crippen LogP contribution in [0.4, 0.5) is 0 Å². The Morgan fingerprint density at radius 2 is 1.06 bits per heavy atom. The Labute approximate surface area is 278 Å². The number of nitrogens with one attached hydrogen (secondary N) is 1. The van der Waals surface area contributed by atoms with Gasteiger partial charge in [0.1, 0.15) is 23.1 Å². The number of imidazole rings is 1. The topological polar surface area (TPSA) is 176 Å². The van der Waals surface area contributed by atoms with E-state index in [-0.39, 0.29) is 53.8 Å². The molecule has 11 nitrogen and oxygen atoms in total. The zero-order chi connectivity index (χ0) is 35.4. The smallest absolute Gasteiger partial charge is 0.311 e. The summed E-state index contributed by atoms with van der Waals surface area (Å²) in [5, 5.41) is 29.0. The predicted molar refractivity (Wildman–Crippen MR) is 179 cm³/mol. The van der Waals surface area contributed by atoms with E-state index in [0.29, 0.717) is 28.3 Å². The Hall–Kier alpha value is -5.45. The molecular weight excluding hydrogens is 616 g/mol. The Morgan fingerprint density at radius 3 is 1.46 bits per heavy atom. The molecule has 0 saturated carbocycles. The monoisotopic (exact) mass is 656 g/mol. The SMILES string of the molecule is CC(C)(C)c1cc(-c2nc(-c3ccc(OC(=O)CCC(=O)O)cc3)c(-c3ccc(OC(=O)CCC(=O)O)cc3)[nH]2)cc(C(C)(C)C)c1O. The van der Waals surface area contributed by atoms with E-state index in [1.807, 2.05) is 53.7 Å². The van der Waals surface area contributed by atoms with E-state index < -0.39 is 23.9 Å². The number of phenols is 1. The lowest BCUT2D eigenvalue weighted by Crippen LogP contribution is -2.17. The maximum atomic E-state index is 12.1. The number of aromatic amines is 1. The zero-order valence-electron chi connectivity index (χ0n) is 27.8. The molecule has 4 N–H and O–H groups in total. The lowest BCUT2D eigenvalue weighted by Gasteiger charge is -2.28. The number of rotatable bonds is 11. The highest BCUT2D eigenvalue weighted by atomic mass is 16.5. The molecule has 0 radical (unpaired) electrons. The number of nitrogens with zero attached hydrogens (tertiary/aromatic N) is 1. The number of H-pyrrole nitrogens is 1. The van der Waals surface area contributed by atoms with Crippen molar-refractivity contribution in [3.63, 3.8) is 0 Å². The van der Waals surface area contributed by atoms with Gasteiger partial charge in [0.15, 0.2) is 0 Å². The molecule has 0 amide bonds. The van der Waals surface area contributed by atoms with Gasteiger partial charge in [-0.2, -0.15) is 0 Å². The molecule has 0 aliphatic heterocycles. The van der Waals surface area contributed by atoms with Gasteiger partial charge in [0.2, 0.25) is 0 Å². The molecule has 1 heterocycles. The Morgan fingerprint density at radius 1 is 0.646 bits per heavy atom. The largest absolute Gasteiger partial charge is 0.507 e. The molecule has 0 bridgehead atoms. The second kappa shape index (κ2) is 14.1. The number of carbonyl (C=O) groups is 4. The second-order valence-corrected chi connectivity index (χ2v) is 13.5. The number of phenolic OH excluding ortho intramolecular Hbond substituents is 1. The summed E-state index contributed by atoms with van der Waals surface area (Å²) in [6.07, 6.45) is -1.17. The van der Waals surface area contributed by atoms with Gasteiger partial charge in [-0.3, -0.25) is 19.2 Å². The number of aliphatic carboxylic acids is 2. The summed E-state index contributed by atoms with van der Waals surface area (Å²) < 4.78 is 10.6. The first-order chi connectivity index (χ1) is 22.4. The molecular formula is C37H40N2O9. The van der Waals surface area contributed by atoms with E-state index in [1.165, 1.54) is 0 Å². The van der Waals surface area contributed by atoms with Gasteiger partial charge < -0.3 is 29.8 Å². The van der Waals surface area contributed by atoms with E-state index in [2.05, 4.69) is 4.98 Å². The van der Waals surface area contributed by atoms with Crippen LogP contribution in [0.2, 0.25) is 0 Å². The van der Waals surface area contributed by atoms with E-state index in [1.54, 1.807) is 48.5 Å². The summed E-state index contributed by atoms with van der Waals surface area (Å²) in [7, 11) is 0. The predicted octanol–water partition coefficient (Wildman–Crippen LogP) is 7.25. The van der Waals surface area contributed by atoms with Gasteiger partial charge in [-0.1, -0.05) is 41.5 Å². The molecule has 48 heavy (non-hydrogen) atoms. The number of carboxylic acids is 2. The van der Waals surface area contributed by atoms with E-state index >= 15 is 0 Å². The van der Waals surface area contributed by atoms with Crippen LogP contribution in [0, 0.1) is 0 Å². The Kier molecular flexibility index (Phi) is 10.4. The highest BCUT2D eigenvalue weighted by molar-refractivity contribution is 5.83. The standard InChI is InChI=1S/C37H40N2O9/c1-36(2,3)26-19-23(20-27(34(26)46)37(4,5)6)35-38-32(21-7-11-24(12-8-21)47-30(44)17-15-28(40)41)33(39-35)22-9-13-25(14-10-22)48-31(45)18-16-29(42)43/h7-14,19-20,46H,15-18H2,1-6H3,(H,38,39)(H,40,41)(H,42,43). The number of ether oxygens (including phenoxy) is 2. The fraction of sp³-hybridized carbons (Fsp3) is 0.324. The van der Waals surface area contributed by atoms with Crippen molar-refractivity contribution in [3.8, 4) is 51.2 Å². The molecule has 0 aliphatic rings. The second-order valence-electron chi connectivity index (χ2n) is 13.5. The summed E-state index contributed by atoms with van der Waals surface area (Å²) in [5.74, 6) is -2.20. The fourth-order valence-electron chi connectivity index (χ4n) is 5.00. The first kappa shape index (κ1) is 35.4. The van der Waals surface area contributed by atoms with Crippen LogP contribution in [0.5, 0.6) is 17.2 Å². The maximum Gasteiger partial charge on any atom is 0.311 e. The highest BCUT2D eigenvalue weighted by Gasteiger charge is 2.28. The number of esters is 2.